The molecule has 0 rings (SSSR count). The summed E-state index contributed by atoms with van der Waals surface area (Å²) in [5.41, 5.74) is 0. The van der Waals surface area contributed by atoms with Crippen LogP contribution in [-0.4, -0.2) is 49.9 Å². The summed E-state index contributed by atoms with van der Waals surface area (Å²) in [5, 5.41) is 5.81. The Balaban J connectivity index is 4.10. The Morgan fingerprint density at radius 2 is 1.83 bits per heavy atom. The van der Waals surface area contributed by atoms with Crippen LogP contribution in [-0.2, 0) is 9.59 Å². The number of carbonyl (C=O) groups excluding carboxylic acids is 2. The van der Waals surface area contributed by atoms with E-state index in [4.69, 9.17) is 0 Å². The lowest BCUT2D eigenvalue weighted by atomic mass is 10.2. The van der Waals surface area contributed by atoms with Gasteiger partial charge < -0.3 is 15.5 Å². The van der Waals surface area contributed by atoms with Crippen LogP contribution in [0.25, 0.3) is 0 Å². The Morgan fingerprint density at radius 3 is 2.39 bits per heavy atom. The third-order valence-corrected chi connectivity index (χ3v) is 2.57. The molecule has 0 radical (unpaired) electrons. The molecule has 5 heteroatoms. The first-order valence-corrected chi connectivity index (χ1v) is 6.84. The first kappa shape index (κ1) is 16.9. The molecule has 5 nitrogen and oxygen atoms in total. The van der Waals surface area contributed by atoms with Crippen molar-refractivity contribution in [3.63, 3.8) is 0 Å². The number of rotatable bonds is 10. The fourth-order valence-electron chi connectivity index (χ4n) is 1.63. The molecule has 0 bridgehead atoms. The zero-order valence-electron chi connectivity index (χ0n) is 11.9. The smallest absolute Gasteiger partial charge is 0.239 e. The molecule has 0 saturated carbocycles. The summed E-state index contributed by atoms with van der Waals surface area (Å²) < 4.78 is 0. The number of carbonyl (C=O) groups is 2. The first-order valence-electron chi connectivity index (χ1n) is 6.84. The van der Waals surface area contributed by atoms with E-state index in [2.05, 4.69) is 10.6 Å². The monoisotopic (exact) mass is 257 g/mol. The molecule has 0 atom stereocenters. The topological polar surface area (TPSA) is 61.4 Å². The summed E-state index contributed by atoms with van der Waals surface area (Å²) in [6.45, 7) is 6.36. The van der Waals surface area contributed by atoms with E-state index in [0.717, 1.165) is 25.8 Å². The molecule has 0 heterocycles. The van der Waals surface area contributed by atoms with Gasteiger partial charge in [-0.2, -0.15) is 0 Å². The summed E-state index contributed by atoms with van der Waals surface area (Å²) in [5.74, 6) is 0.00557. The van der Waals surface area contributed by atoms with Crippen LogP contribution in [0.15, 0.2) is 0 Å². The lowest BCUT2D eigenvalue weighted by molar-refractivity contribution is -0.136. The van der Waals surface area contributed by atoms with Crippen molar-refractivity contribution in [2.45, 2.75) is 39.5 Å². The molecule has 0 aromatic rings. The van der Waals surface area contributed by atoms with Crippen LogP contribution < -0.4 is 10.6 Å². The van der Waals surface area contributed by atoms with Crippen LogP contribution in [0.1, 0.15) is 39.5 Å². The van der Waals surface area contributed by atoms with Gasteiger partial charge in [0.1, 0.15) is 0 Å². The van der Waals surface area contributed by atoms with Crippen LogP contribution >= 0.6 is 0 Å². The predicted molar refractivity (Wildman–Crippen MR) is 73.3 cm³/mol. The summed E-state index contributed by atoms with van der Waals surface area (Å²) in [6, 6.07) is 0. The highest BCUT2D eigenvalue weighted by atomic mass is 16.2. The van der Waals surface area contributed by atoms with Gasteiger partial charge in [-0.05, 0) is 32.9 Å². The minimum Gasteiger partial charge on any atom is -0.355 e. The fourth-order valence-corrected chi connectivity index (χ4v) is 1.63. The molecule has 0 aliphatic heterocycles. The van der Waals surface area contributed by atoms with Gasteiger partial charge in [-0.3, -0.25) is 9.59 Å². The highest BCUT2D eigenvalue weighted by molar-refractivity contribution is 5.84. The maximum Gasteiger partial charge on any atom is 0.239 e. The lowest BCUT2D eigenvalue weighted by Gasteiger charge is -2.21. The van der Waals surface area contributed by atoms with Gasteiger partial charge >= 0.3 is 0 Å². The SMILES string of the molecule is CCCNC(=O)CN(CCC)C(=O)CCCNC. The highest BCUT2D eigenvalue weighted by Crippen LogP contribution is 1.99. The zero-order chi connectivity index (χ0) is 13.8. The number of nitrogens with one attached hydrogen (secondary N) is 2. The standard InChI is InChI=1S/C13H27N3O2/c1-4-8-15-12(17)11-16(10-5-2)13(18)7-6-9-14-3/h14H,4-11H2,1-3H3,(H,15,17). The van der Waals surface area contributed by atoms with Gasteiger partial charge in [0.05, 0.1) is 6.54 Å². The second-order valence-electron chi connectivity index (χ2n) is 4.37. The second-order valence-corrected chi connectivity index (χ2v) is 4.37. The van der Waals surface area contributed by atoms with Crippen LogP contribution in [0.3, 0.4) is 0 Å². The third-order valence-electron chi connectivity index (χ3n) is 2.57. The van der Waals surface area contributed by atoms with Crippen LogP contribution in [0.4, 0.5) is 0 Å². The quantitative estimate of drug-likeness (QED) is 0.568. The van der Waals surface area contributed by atoms with Crippen LogP contribution in [0.5, 0.6) is 0 Å². The van der Waals surface area contributed by atoms with Crippen molar-refractivity contribution < 1.29 is 9.59 Å². The van der Waals surface area contributed by atoms with Crippen molar-refractivity contribution in [1.29, 1.82) is 0 Å². The molecule has 2 N–H and O–H groups in total. The Kier molecular flexibility index (Phi) is 10.3. The molecule has 0 aromatic heterocycles. The van der Waals surface area contributed by atoms with Crippen LogP contribution in [0, 0.1) is 0 Å². The van der Waals surface area contributed by atoms with Crippen molar-refractivity contribution in [2.75, 3.05) is 33.2 Å². The average Bonchev–Trinajstić information content (AvgIpc) is 2.36. The van der Waals surface area contributed by atoms with Crippen LogP contribution in [0.2, 0.25) is 0 Å². The van der Waals surface area contributed by atoms with E-state index in [0.29, 0.717) is 19.5 Å². The van der Waals surface area contributed by atoms with E-state index in [1.54, 1.807) is 4.90 Å². The molecule has 0 unspecified atom stereocenters. The number of nitrogens with zero attached hydrogens (tertiary/aromatic N) is 1. The normalized spacial score (nSPS) is 10.2. The molecule has 0 fully saturated rings. The summed E-state index contributed by atoms with van der Waals surface area (Å²) in [6.07, 6.45) is 3.10. The first-order chi connectivity index (χ1) is 8.65. The molecule has 0 spiro atoms. The van der Waals surface area contributed by atoms with Gasteiger partial charge in [-0.1, -0.05) is 13.8 Å². The van der Waals surface area contributed by atoms with E-state index in [9.17, 15) is 9.59 Å². The van der Waals surface area contributed by atoms with Gasteiger partial charge in [0, 0.05) is 19.5 Å². The molecular weight excluding hydrogens is 230 g/mol. The Morgan fingerprint density at radius 1 is 1.11 bits per heavy atom. The molecule has 0 aliphatic carbocycles. The lowest BCUT2D eigenvalue weighted by Crippen LogP contribution is -2.41. The molecule has 18 heavy (non-hydrogen) atoms. The van der Waals surface area contributed by atoms with E-state index >= 15 is 0 Å². The van der Waals surface area contributed by atoms with Gasteiger partial charge in [0.15, 0.2) is 0 Å². The van der Waals surface area contributed by atoms with E-state index < -0.39 is 0 Å². The van der Waals surface area contributed by atoms with E-state index in [-0.39, 0.29) is 18.4 Å². The maximum atomic E-state index is 11.9. The largest absolute Gasteiger partial charge is 0.355 e. The molecular formula is C13H27N3O2. The van der Waals surface area contributed by atoms with E-state index in [1.165, 1.54) is 0 Å². The number of hydrogen-bond acceptors (Lipinski definition) is 3. The van der Waals surface area contributed by atoms with Crippen molar-refractivity contribution in [3.8, 4) is 0 Å². The summed E-state index contributed by atoms with van der Waals surface area (Å²) >= 11 is 0. The van der Waals surface area contributed by atoms with Gasteiger partial charge in [-0.15, -0.1) is 0 Å². The predicted octanol–water partition coefficient (Wildman–Crippen LogP) is 0.751. The van der Waals surface area contributed by atoms with Crippen molar-refractivity contribution in [3.05, 3.63) is 0 Å². The maximum absolute atomic E-state index is 11.9. The number of amides is 2. The minimum absolute atomic E-state index is 0.0627. The highest BCUT2D eigenvalue weighted by Gasteiger charge is 2.15. The Labute approximate surface area is 110 Å². The van der Waals surface area contributed by atoms with E-state index in [1.807, 2.05) is 20.9 Å². The minimum atomic E-state index is -0.0627. The Hall–Kier alpha value is -1.10. The van der Waals surface area contributed by atoms with Gasteiger partial charge in [0.25, 0.3) is 0 Å². The molecule has 106 valence electrons. The summed E-state index contributed by atoms with van der Waals surface area (Å²) in [7, 11) is 1.87. The third kappa shape index (κ3) is 8.06. The average molecular weight is 257 g/mol. The molecule has 2 amide bonds. The van der Waals surface area contributed by atoms with Crippen molar-refractivity contribution >= 4 is 11.8 Å². The molecule has 0 aromatic carbocycles. The Bertz CT molecular complexity index is 244. The molecule has 0 aliphatic rings. The fraction of sp³-hybridized carbons (Fsp3) is 0.846. The molecule has 0 saturated heterocycles. The number of hydrogen-bond donors (Lipinski definition) is 2. The van der Waals surface area contributed by atoms with Gasteiger partial charge in [-0.25, -0.2) is 0 Å². The second kappa shape index (κ2) is 11.0. The zero-order valence-corrected chi connectivity index (χ0v) is 11.9. The van der Waals surface area contributed by atoms with Gasteiger partial charge in [0.2, 0.25) is 11.8 Å². The van der Waals surface area contributed by atoms with Crippen molar-refractivity contribution in [2.24, 2.45) is 0 Å². The van der Waals surface area contributed by atoms with Crippen molar-refractivity contribution in [1.82, 2.24) is 15.5 Å². The summed E-state index contributed by atoms with van der Waals surface area (Å²) in [4.78, 5) is 25.2.